The maximum absolute atomic E-state index is 12.6. The molecule has 3 aromatic rings. The minimum atomic E-state index is -0.197. The largest absolute Gasteiger partial charge is 0.489 e. The van der Waals surface area contributed by atoms with Crippen LogP contribution in [0.2, 0.25) is 10.0 Å². The first-order valence-electron chi connectivity index (χ1n) is 8.91. The molecule has 144 valence electrons. The van der Waals surface area contributed by atoms with E-state index in [2.05, 4.69) is 6.58 Å². The second-order valence-corrected chi connectivity index (χ2v) is 7.34. The van der Waals surface area contributed by atoms with Gasteiger partial charge in [0.05, 0.1) is 5.56 Å². The molecule has 1 heterocycles. The van der Waals surface area contributed by atoms with Gasteiger partial charge in [-0.2, -0.15) is 0 Å². The Balaban J connectivity index is 1.50. The second-order valence-electron chi connectivity index (χ2n) is 6.50. The predicted octanol–water partition coefficient (Wildman–Crippen LogP) is 6.83. The van der Waals surface area contributed by atoms with Crippen LogP contribution < -0.4 is 9.47 Å². The zero-order valence-corrected chi connectivity index (χ0v) is 16.8. The van der Waals surface area contributed by atoms with Gasteiger partial charge in [-0.25, -0.2) is 0 Å². The van der Waals surface area contributed by atoms with E-state index >= 15 is 0 Å². The third kappa shape index (κ3) is 4.21. The van der Waals surface area contributed by atoms with Crippen LogP contribution in [0, 0.1) is 0 Å². The number of fused-ring (bicyclic) bond motifs is 1. The lowest BCUT2D eigenvalue weighted by Gasteiger charge is -2.07. The minimum absolute atomic E-state index is 0.197. The number of carbonyl (C=O) groups excluding carboxylic acids is 1. The number of carbonyl (C=O) groups is 1. The van der Waals surface area contributed by atoms with Gasteiger partial charge in [-0.1, -0.05) is 66.2 Å². The molecule has 0 spiro atoms. The lowest BCUT2D eigenvalue weighted by atomic mass is 10.1. The summed E-state index contributed by atoms with van der Waals surface area (Å²) in [6, 6.07) is 18.2. The number of hydrogen-bond acceptors (Lipinski definition) is 3. The van der Waals surface area contributed by atoms with Crippen molar-refractivity contribution in [3.63, 3.8) is 0 Å². The zero-order chi connectivity index (χ0) is 20.4. The van der Waals surface area contributed by atoms with Crippen LogP contribution in [-0.4, -0.2) is 5.78 Å². The summed E-state index contributed by atoms with van der Waals surface area (Å²) in [6.45, 7) is 4.15. The molecule has 0 amide bonds. The van der Waals surface area contributed by atoms with Gasteiger partial charge in [0.15, 0.2) is 5.76 Å². The number of Topliss-reactive ketones (excluding diaryl/α,β-unsaturated/α-hetero) is 1. The maximum atomic E-state index is 12.6. The molecule has 0 bridgehead atoms. The van der Waals surface area contributed by atoms with E-state index in [1.165, 1.54) is 0 Å². The van der Waals surface area contributed by atoms with Gasteiger partial charge in [-0.15, -0.1) is 0 Å². The number of ketones is 1. The van der Waals surface area contributed by atoms with Crippen molar-refractivity contribution in [2.24, 2.45) is 0 Å². The van der Waals surface area contributed by atoms with Crippen molar-refractivity contribution in [2.45, 2.75) is 6.61 Å². The van der Waals surface area contributed by atoms with E-state index in [4.69, 9.17) is 32.7 Å². The fourth-order valence-electron chi connectivity index (χ4n) is 2.93. The Labute approximate surface area is 178 Å². The van der Waals surface area contributed by atoms with Crippen molar-refractivity contribution in [3.8, 4) is 11.5 Å². The summed E-state index contributed by atoms with van der Waals surface area (Å²) >= 11 is 12.1. The van der Waals surface area contributed by atoms with E-state index in [9.17, 15) is 4.79 Å². The van der Waals surface area contributed by atoms with Crippen LogP contribution in [0.3, 0.4) is 0 Å². The van der Waals surface area contributed by atoms with Gasteiger partial charge in [0.2, 0.25) is 5.78 Å². The minimum Gasteiger partial charge on any atom is -0.489 e. The summed E-state index contributed by atoms with van der Waals surface area (Å²) < 4.78 is 11.6. The molecule has 0 unspecified atom stereocenters. The summed E-state index contributed by atoms with van der Waals surface area (Å²) in [5.74, 6) is 1.10. The van der Waals surface area contributed by atoms with Gasteiger partial charge in [-0.3, -0.25) is 4.79 Å². The van der Waals surface area contributed by atoms with Gasteiger partial charge in [0.1, 0.15) is 18.1 Å². The van der Waals surface area contributed by atoms with Crippen LogP contribution in [-0.2, 0) is 6.61 Å². The Morgan fingerprint density at radius 3 is 2.52 bits per heavy atom. The van der Waals surface area contributed by atoms with Crippen LogP contribution in [0.5, 0.6) is 11.5 Å². The van der Waals surface area contributed by atoms with Crippen LogP contribution in [0.25, 0.3) is 12.2 Å². The van der Waals surface area contributed by atoms with E-state index in [-0.39, 0.29) is 11.5 Å². The molecule has 0 saturated carbocycles. The third-order valence-electron chi connectivity index (χ3n) is 4.51. The Bertz CT molecular complexity index is 1130. The van der Waals surface area contributed by atoms with Crippen molar-refractivity contribution >= 4 is 41.1 Å². The van der Waals surface area contributed by atoms with E-state index in [1.54, 1.807) is 48.6 Å². The van der Waals surface area contributed by atoms with Crippen molar-refractivity contribution in [3.05, 3.63) is 105 Å². The quantitative estimate of drug-likeness (QED) is 0.422. The molecule has 4 rings (SSSR count). The molecule has 5 heteroatoms. The lowest BCUT2D eigenvalue weighted by molar-refractivity contribution is 0.101. The van der Waals surface area contributed by atoms with Gasteiger partial charge < -0.3 is 9.47 Å². The Hall–Kier alpha value is -3.01. The van der Waals surface area contributed by atoms with E-state index in [0.29, 0.717) is 39.3 Å². The van der Waals surface area contributed by atoms with Crippen molar-refractivity contribution in [2.75, 3.05) is 0 Å². The summed E-state index contributed by atoms with van der Waals surface area (Å²) in [7, 11) is 0. The number of allylic oxidation sites excluding steroid dienone is 1. The van der Waals surface area contributed by atoms with Crippen LogP contribution in [0.15, 0.2) is 73.0 Å². The molecule has 0 aliphatic carbocycles. The predicted molar refractivity (Wildman–Crippen MR) is 117 cm³/mol. The molecule has 0 aromatic heterocycles. The number of hydrogen-bond donors (Lipinski definition) is 0. The molecule has 3 aromatic carbocycles. The molecule has 1 aliphatic heterocycles. The lowest BCUT2D eigenvalue weighted by Crippen LogP contribution is -1.98. The summed E-state index contributed by atoms with van der Waals surface area (Å²) in [6.07, 6.45) is 3.41. The van der Waals surface area contributed by atoms with E-state index in [1.807, 2.05) is 24.3 Å². The van der Waals surface area contributed by atoms with Gasteiger partial charge in [0, 0.05) is 16.1 Å². The average molecular weight is 423 g/mol. The smallest absolute Gasteiger partial charge is 0.231 e. The third-order valence-corrected chi connectivity index (χ3v) is 5.07. The Morgan fingerprint density at radius 2 is 1.79 bits per heavy atom. The standard InChI is InChI=1S/C24H16Cl2O3/c1-2-15-3-5-16(6-4-15)14-28-19-9-10-20-22(13-19)29-23(24(20)27)11-17-7-8-18(25)12-21(17)26/h2-13H,1,14H2. The highest BCUT2D eigenvalue weighted by Crippen LogP contribution is 2.36. The molecule has 0 N–H and O–H groups in total. The molecule has 0 saturated heterocycles. The molecule has 0 radical (unpaired) electrons. The molecule has 0 atom stereocenters. The van der Waals surface area contributed by atoms with Gasteiger partial charge in [-0.05, 0) is 47.0 Å². The van der Waals surface area contributed by atoms with Crippen LogP contribution in [0.1, 0.15) is 27.0 Å². The Kier molecular flexibility index (Phi) is 5.43. The number of rotatable bonds is 5. The SMILES string of the molecule is C=Cc1ccc(COc2ccc3c(c2)OC(=Cc2ccc(Cl)cc2Cl)C3=O)cc1. The van der Waals surface area contributed by atoms with Crippen molar-refractivity contribution in [1.82, 2.24) is 0 Å². The number of benzene rings is 3. The fraction of sp³-hybridized carbons (Fsp3) is 0.0417. The number of ether oxygens (including phenoxy) is 2. The highest BCUT2D eigenvalue weighted by atomic mass is 35.5. The van der Waals surface area contributed by atoms with Crippen LogP contribution in [0.4, 0.5) is 0 Å². The zero-order valence-electron chi connectivity index (χ0n) is 15.3. The molecular formula is C24H16Cl2O3. The van der Waals surface area contributed by atoms with Gasteiger partial charge >= 0.3 is 0 Å². The van der Waals surface area contributed by atoms with Crippen molar-refractivity contribution < 1.29 is 14.3 Å². The fourth-order valence-corrected chi connectivity index (χ4v) is 3.40. The normalized spacial score (nSPS) is 13.9. The molecule has 3 nitrogen and oxygen atoms in total. The summed E-state index contributed by atoms with van der Waals surface area (Å²) in [5, 5.41) is 0.976. The van der Waals surface area contributed by atoms with Gasteiger partial charge in [0.25, 0.3) is 0 Å². The monoisotopic (exact) mass is 422 g/mol. The summed E-state index contributed by atoms with van der Waals surface area (Å²) in [4.78, 5) is 12.6. The molecule has 29 heavy (non-hydrogen) atoms. The average Bonchev–Trinajstić information content (AvgIpc) is 3.03. The maximum Gasteiger partial charge on any atom is 0.231 e. The second kappa shape index (κ2) is 8.16. The highest BCUT2D eigenvalue weighted by molar-refractivity contribution is 6.35. The summed E-state index contributed by atoms with van der Waals surface area (Å²) in [5.41, 5.74) is 3.24. The molecule has 0 fully saturated rings. The number of halogens is 2. The topological polar surface area (TPSA) is 35.5 Å². The first kappa shape index (κ1) is 19.3. The Morgan fingerprint density at radius 1 is 1.00 bits per heavy atom. The molecule has 1 aliphatic rings. The van der Waals surface area contributed by atoms with Crippen molar-refractivity contribution in [1.29, 1.82) is 0 Å². The van der Waals surface area contributed by atoms with E-state index < -0.39 is 0 Å². The van der Waals surface area contributed by atoms with E-state index in [0.717, 1.165) is 11.1 Å². The molecular weight excluding hydrogens is 407 g/mol. The first-order valence-corrected chi connectivity index (χ1v) is 9.66. The van der Waals surface area contributed by atoms with Crippen LogP contribution >= 0.6 is 23.2 Å². The highest BCUT2D eigenvalue weighted by Gasteiger charge is 2.28. The first-order chi connectivity index (χ1) is 14.0.